The summed E-state index contributed by atoms with van der Waals surface area (Å²) in [5.41, 5.74) is 0.838. The second kappa shape index (κ2) is 8.43. The molecule has 0 aliphatic carbocycles. The highest BCUT2D eigenvalue weighted by Gasteiger charge is 2.19. The molecular formula is C19H17NO4. The van der Waals surface area contributed by atoms with Gasteiger partial charge in [-0.2, -0.15) is 0 Å². The average Bonchev–Trinajstić information content (AvgIpc) is 2.64. The molecule has 0 saturated carbocycles. The van der Waals surface area contributed by atoms with Crippen molar-refractivity contribution in [2.24, 2.45) is 0 Å². The molecule has 2 aromatic carbocycles. The molecule has 0 fully saturated rings. The fourth-order valence-corrected chi connectivity index (χ4v) is 2.05. The maximum absolute atomic E-state index is 12.6. The van der Waals surface area contributed by atoms with E-state index in [2.05, 4.69) is 11.9 Å². The first kappa shape index (κ1) is 17.1. The van der Waals surface area contributed by atoms with Crippen LogP contribution in [0.1, 0.15) is 26.3 Å². The molecule has 5 heteroatoms. The molecule has 24 heavy (non-hydrogen) atoms. The number of carbonyl (C=O) groups is 3. The zero-order valence-corrected chi connectivity index (χ0v) is 13.0. The molecule has 0 aliphatic rings. The average molecular weight is 323 g/mol. The van der Waals surface area contributed by atoms with Crippen molar-refractivity contribution in [2.45, 2.75) is 0 Å². The largest absolute Gasteiger partial charge is 0.452 e. The number of carbonyl (C=O) groups excluding carboxylic acids is 3. The van der Waals surface area contributed by atoms with Crippen molar-refractivity contribution < 1.29 is 19.1 Å². The second-order valence-electron chi connectivity index (χ2n) is 4.91. The van der Waals surface area contributed by atoms with Gasteiger partial charge < -0.3 is 10.1 Å². The van der Waals surface area contributed by atoms with Crippen LogP contribution in [0.2, 0.25) is 0 Å². The van der Waals surface area contributed by atoms with Gasteiger partial charge in [0.25, 0.3) is 5.91 Å². The summed E-state index contributed by atoms with van der Waals surface area (Å²) in [4.78, 5) is 36.2. The molecule has 1 amide bonds. The summed E-state index contributed by atoms with van der Waals surface area (Å²) in [6, 6.07) is 15.0. The van der Waals surface area contributed by atoms with E-state index in [0.29, 0.717) is 12.1 Å². The predicted molar refractivity (Wildman–Crippen MR) is 89.8 cm³/mol. The Balaban J connectivity index is 2.13. The summed E-state index contributed by atoms with van der Waals surface area (Å²) in [5.74, 6) is -1.43. The highest BCUT2D eigenvalue weighted by molar-refractivity contribution is 6.14. The summed E-state index contributed by atoms with van der Waals surface area (Å²) < 4.78 is 4.98. The van der Waals surface area contributed by atoms with E-state index < -0.39 is 18.5 Å². The minimum atomic E-state index is -0.719. The molecule has 2 rings (SSSR count). The van der Waals surface area contributed by atoms with Crippen molar-refractivity contribution in [3.8, 4) is 0 Å². The lowest BCUT2D eigenvalue weighted by Gasteiger charge is -2.09. The fourth-order valence-electron chi connectivity index (χ4n) is 2.05. The summed E-state index contributed by atoms with van der Waals surface area (Å²) >= 11 is 0. The van der Waals surface area contributed by atoms with E-state index in [9.17, 15) is 14.4 Å². The van der Waals surface area contributed by atoms with E-state index in [1.165, 1.54) is 12.1 Å². The molecule has 5 nitrogen and oxygen atoms in total. The van der Waals surface area contributed by atoms with E-state index in [1.54, 1.807) is 48.5 Å². The number of rotatable bonds is 7. The summed E-state index contributed by atoms with van der Waals surface area (Å²) in [6.45, 7) is 3.35. The predicted octanol–water partition coefficient (Wildman–Crippen LogP) is 2.38. The Morgan fingerprint density at radius 2 is 1.58 bits per heavy atom. The molecule has 0 saturated heterocycles. The Bertz CT molecular complexity index is 753. The third-order valence-electron chi connectivity index (χ3n) is 3.21. The Hall–Kier alpha value is -3.21. The van der Waals surface area contributed by atoms with Gasteiger partial charge in [0.2, 0.25) is 0 Å². The van der Waals surface area contributed by atoms with Crippen LogP contribution in [-0.2, 0) is 9.53 Å². The summed E-state index contributed by atoms with van der Waals surface area (Å²) in [5, 5.41) is 2.50. The van der Waals surface area contributed by atoms with Crippen molar-refractivity contribution in [3.05, 3.63) is 83.9 Å². The number of esters is 1. The van der Waals surface area contributed by atoms with Crippen LogP contribution in [0.4, 0.5) is 0 Å². The zero-order valence-electron chi connectivity index (χ0n) is 13.0. The van der Waals surface area contributed by atoms with Crippen LogP contribution in [0.3, 0.4) is 0 Å². The third kappa shape index (κ3) is 4.39. The lowest BCUT2D eigenvalue weighted by Crippen LogP contribution is -2.29. The molecule has 1 N–H and O–H groups in total. The van der Waals surface area contributed by atoms with Gasteiger partial charge in [-0.05, 0) is 6.07 Å². The lowest BCUT2D eigenvalue weighted by atomic mass is 9.98. The highest BCUT2D eigenvalue weighted by Crippen LogP contribution is 2.15. The number of ketones is 1. The van der Waals surface area contributed by atoms with E-state index in [1.807, 2.05) is 0 Å². The fraction of sp³-hybridized carbons (Fsp3) is 0.105. The number of ether oxygens (including phenoxy) is 1. The van der Waals surface area contributed by atoms with Gasteiger partial charge in [-0.15, -0.1) is 6.58 Å². The topological polar surface area (TPSA) is 72.5 Å². The first-order chi connectivity index (χ1) is 11.6. The van der Waals surface area contributed by atoms with Crippen molar-refractivity contribution in [1.29, 1.82) is 0 Å². The van der Waals surface area contributed by atoms with Gasteiger partial charge in [0, 0.05) is 17.7 Å². The normalized spacial score (nSPS) is 9.83. The summed E-state index contributed by atoms with van der Waals surface area (Å²) in [6.07, 6.45) is 1.52. The van der Waals surface area contributed by atoms with Gasteiger partial charge in [0.05, 0.1) is 5.56 Å². The van der Waals surface area contributed by atoms with Gasteiger partial charge in [-0.3, -0.25) is 9.59 Å². The second-order valence-corrected chi connectivity index (χ2v) is 4.91. The van der Waals surface area contributed by atoms with Crippen LogP contribution < -0.4 is 5.32 Å². The Morgan fingerprint density at radius 1 is 0.958 bits per heavy atom. The van der Waals surface area contributed by atoms with Crippen molar-refractivity contribution in [1.82, 2.24) is 5.32 Å². The zero-order chi connectivity index (χ0) is 17.4. The van der Waals surface area contributed by atoms with Crippen LogP contribution in [0.25, 0.3) is 0 Å². The maximum Gasteiger partial charge on any atom is 0.339 e. The molecule has 122 valence electrons. The van der Waals surface area contributed by atoms with Crippen LogP contribution in [0.5, 0.6) is 0 Å². The molecule has 0 bridgehead atoms. The van der Waals surface area contributed by atoms with Gasteiger partial charge in [-0.1, -0.05) is 54.6 Å². The van der Waals surface area contributed by atoms with E-state index in [4.69, 9.17) is 4.74 Å². The standard InChI is InChI=1S/C19H17NO4/c1-2-12-20-17(21)13-24-19(23)16-11-7-6-10-15(16)18(22)14-8-4-3-5-9-14/h2-11H,1,12-13H2,(H,20,21). The Morgan fingerprint density at radius 3 is 2.25 bits per heavy atom. The van der Waals surface area contributed by atoms with Crippen LogP contribution >= 0.6 is 0 Å². The molecule has 2 aromatic rings. The van der Waals surface area contributed by atoms with E-state index >= 15 is 0 Å². The van der Waals surface area contributed by atoms with Gasteiger partial charge in [0.15, 0.2) is 12.4 Å². The molecule has 0 aliphatic heterocycles. The van der Waals surface area contributed by atoms with E-state index in [-0.39, 0.29) is 16.9 Å². The first-order valence-electron chi connectivity index (χ1n) is 7.37. The number of amides is 1. The van der Waals surface area contributed by atoms with Crippen molar-refractivity contribution in [2.75, 3.05) is 13.2 Å². The molecule has 0 spiro atoms. The molecule has 0 radical (unpaired) electrons. The maximum atomic E-state index is 12.6. The number of benzene rings is 2. The minimum Gasteiger partial charge on any atom is -0.452 e. The van der Waals surface area contributed by atoms with Gasteiger partial charge in [-0.25, -0.2) is 4.79 Å². The van der Waals surface area contributed by atoms with E-state index in [0.717, 1.165) is 0 Å². The number of hydrogen-bond donors (Lipinski definition) is 1. The lowest BCUT2D eigenvalue weighted by molar-refractivity contribution is -0.124. The van der Waals surface area contributed by atoms with Crippen LogP contribution in [-0.4, -0.2) is 30.8 Å². The number of hydrogen-bond acceptors (Lipinski definition) is 4. The quantitative estimate of drug-likeness (QED) is 0.482. The SMILES string of the molecule is C=CCNC(=O)COC(=O)c1ccccc1C(=O)c1ccccc1. The minimum absolute atomic E-state index is 0.128. The Kier molecular flexibility index (Phi) is 6.02. The van der Waals surface area contributed by atoms with Gasteiger partial charge in [0.1, 0.15) is 0 Å². The molecule has 0 unspecified atom stereocenters. The van der Waals surface area contributed by atoms with Crippen LogP contribution in [0.15, 0.2) is 67.3 Å². The molecule has 0 aromatic heterocycles. The summed E-state index contributed by atoms with van der Waals surface area (Å²) in [7, 11) is 0. The smallest absolute Gasteiger partial charge is 0.339 e. The van der Waals surface area contributed by atoms with Crippen LogP contribution in [0, 0.1) is 0 Å². The first-order valence-corrected chi connectivity index (χ1v) is 7.37. The third-order valence-corrected chi connectivity index (χ3v) is 3.21. The Labute approximate surface area is 140 Å². The number of nitrogens with one attached hydrogen (secondary N) is 1. The monoisotopic (exact) mass is 323 g/mol. The molecular weight excluding hydrogens is 306 g/mol. The van der Waals surface area contributed by atoms with Gasteiger partial charge >= 0.3 is 5.97 Å². The molecule has 0 heterocycles. The highest BCUT2D eigenvalue weighted by atomic mass is 16.5. The molecule has 0 atom stereocenters. The van der Waals surface area contributed by atoms with Crippen molar-refractivity contribution in [3.63, 3.8) is 0 Å². The van der Waals surface area contributed by atoms with Crippen molar-refractivity contribution >= 4 is 17.7 Å².